The van der Waals surface area contributed by atoms with Gasteiger partial charge in [0.05, 0.1) is 17.0 Å². The molecule has 2 N–H and O–H groups in total. The van der Waals surface area contributed by atoms with Crippen molar-refractivity contribution in [2.75, 3.05) is 20.6 Å². The minimum absolute atomic E-state index is 0.167. The number of amides is 1. The average molecular weight is 365 g/mol. The van der Waals surface area contributed by atoms with E-state index in [-0.39, 0.29) is 21.5 Å². The molecule has 0 fully saturated rings. The van der Waals surface area contributed by atoms with Gasteiger partial charge < -0.3 is 10.4 Å². The number of aromatic carboxylic acids is 1. The van der Waals surface area contributed by atoms with Gasteiger partial charge in [0.2, 0.25) is 15.9 Å². The molecule has 9 heteroatoms. The van der Waals surface area contributed by atoms with Gasteiger partial charge in [-0.05, 0) is 34.1 Å². The van der Waals surface area contributed by atoms with Crippen LogP contribution < -0.4 is 5.32 Å². The lowest BCUT2D eigenvalue weighted by Crippen LogP contribution is -2.36. The number of nitrogens with one attached hydrogen (secondary N) is 1. The number of hydrogen-bond acceptors (Lipinski definition) is 4. The Balaban J connectivity index is 3.19. The van der Waals surface area contributed by atoms with Gasteiger partial charge in [0.1, 0.15) is 0 Å². The summed E-state index contributed by atoms with van der Waals surface area (Å²) in [6.07, 6.45) is 0. The van der Waals surface area contributed by atoms with E-state index in [2.05, 4.69) is 21.2 Å². The summed E-state index contributed by atoms with van der Waals surface area (Å²) in [4.78, 5) is 22.0. The number of carbonyl (C=O) groups is 2. The summed E-state index contributed by atoms with van der Waals surface area (Å²) in [5.74, 6) is -1.71. The fourth-order valence-electron chi connectivity index (χ4n) is 1.37. The van der Waals surface area contributed by atoms with Crippen LogP contribution in [-0.2, 0) is 14.8 Å². The summed E-state index contributed by atoms with van der Waals surface area (Å²) in [7, 11) is -1.29. The predicted molar refractivity (Wildman–Crippen MR) is 75.0 cm³/mol. The Morgan fingerprint density at radius 1 is 1.40 bits per heavy atom. The minimum atomic E-state index is -3.93. The summed E-state index contributed by atoms with van der Waals surface area (Å²) in [5, 5.41) is 11.3. The molecule has 0 spiro atoms. The number of benzene rings is 1. The lowest BCUT2D eigenvalue weighted by atomic mass is 10.2. The van der Waals surface area contributed by atoms with E-state index in [1.54, 1.807) is 0 Å². The molecule has 0 unspecified atom stereocenters. The maximum absolute atomic E-state index is 12.2. The van der Waals surface area contributed by atoms with E-state index in [1.165, 1.54) is 26.2 Å². The van der Waals surface area contributed by atoms with E-state index in [1.807, 2.05) is 0 Å². The molecule has 7 nitrogen and oxygen atoms in total. The maximum Gasteiger partial charge on any atom is 0.336 e. The third kappa shape index (κ3) is 3.56. The van der Waals surface area contributed by atoms with Crippen molar-refractivity contribution >= 4 is 37.8 Å². The molecule has 1 aromatic carbocycles. The Morgan fingerprint density at radius 3 is 2.50 bits per heavy atom. The van der Waals surface area contributed by atoms with Crippen LogP contribution in [0.4, 0.5) is 0 Å². The van der Waals surface area contributed by atoms with Crippen LogP contribution >= 0.6 is 15.9 Å². The number of hydrogen-bond donors (Lipinski definition) is 2. The Hall–Kier alpha value is -1.45. The number of likely N-dealkylation sites (N-methyl/N-ethyl adjacent to an activating group) is 2. The lowest BCUT2D eigenvalue weighted by Gasteiger charge is -2.16. The molecule has 0 aromatic heterocycles. The number of carboxylic acid groups (broad SMARTS) is 1. The number of nitrogens with zero attached hydrogens (tertiary/aromatic N) is 1. The second-order valence-electron chi connectivity index (χ2n) is 3.88. The molecule has 20 heavy (non-hydrogen) atoms. The molecular weight excluding hydrogens is 352 g/mol. The molecule has 0 aliphatic carbocycles. The SMILES string of the molecule is CNC(=O)CN(C)S(=O)(=O)c1ccc(Br)c(C(=O)O)c1. The van der Waals surface area contributed by atoms with Crippen LogP contribution in [0.3, 0.4) is 0 Å². The highest BCUT2D eigenvalue weighted by molar-refractivity contribution is 9.10. The van der Waals surface area contributed by atoms with Gasteiger partial charge >= 0.3 is 5.97 Å². The number of carboxylic acids is 1. The van der Waals surface area contributed by atoms with Crippen molar-refractivity contribution in [2.45, 2.75) is 4.90 Å². The monoisotopic (exact) mass is 364 g/mol. The molecule has 0 saturated carbocycles. The molecule has 1 amide bonds. The van der Waals surface area contributed by atoms with E-state index in [9.17, 15) is 18.0 Å². The molecule has 0 atom stereocenters. The third-order valence-corrected chi connectivity index (χ3v) is 5.01. The van der Waals surface area contributed by atoms with Crippen LogP contribution in [0.25, 0.3) is 0 Å². The largest absolute Gasteiger partial charge is 0.478 e. The van der Waals surface area contributed by atoms with Crippen molar-refractivity contribution in [3.63, 3.8) is 0 Å². The van der Waals surface area contributed by atoms with Crippen molar-refractivity contribution in [3.05, 3.63) is 28.2 Å². The quantitative estimate of drug-likeness (QED) is 0.792. The smallest absolute Gasteiger partial charge is 0.336 e. The highest BCUT2D eigenvalue weighted by Crippen LogP contribution is 2.22. The number of carbonyl (C=O) groups excluding carboxylic acids is 1. The summed E-state index contributed by atoms with van der Waals surface area (Å²) in [5.41, 5.74) is -0.167. The van der Waals surface area contributed by atoms with E-state index < -0.39 is 21.9 Å². The molecule has 0 aliphatic rings. The summed E-state index contributed by atoms with van der Waals surface area (Å²) < 4.78 is 25.5. The molecular formula is C11H13BrN2O5S. The Bertz CT molecular complexity index is 644. The van der Waals surface area contributed by atoms with Crippen LogP contribution in [-0.4, -0.2) is 50.3 Å². The van der Waals surface area contributed by atoms with Crippen molar-refractivity contribution in [2.24, 2.45) is 0 Å². The Kier molecular flexibility index (Phi) is 5.26. The highest BCUT2D eigenvalue weighted by atomic mass is 79.9. The lowest BCUT2D eigenvalue weighted by molar-refractivity contribution is -0.120. The summed E-state index contributed by atoms with van der Waals surface area (Å²) in [6.45, 7) is -0.350. The zero-order valence-electron chi connectivity index (χ0n) is 10.8. The van der Waals surface area contributed by atoms with Gasteiger partial charge in [-0.25, -0.2) is 13.2 Å². The number of halogens is 1. The fraction of sp³-hybridized carbons (Fsp3) is 0.273. The van der Waals surface area contributed by atoms with Gasteiger partial charge in [-0.1, -0.05) is 0 Å². The summed E-state index contributed by atoms with van der Waals surface area (Å²) >= 11 is 3.03. The van der Waals surface area contributed by atoms with Crippen LogP contribution in [0.5, 0.6) is 0 Å². The third-order valence-electron chi connectivity index (χ3n) is 2.52. The molecule has 0 radical (unpaired) electrons. The van der Waals surface area contributed by atoms with Crippen LogP contribution in [0.15, 0.2) is 27.6 Å². The van der Waals surface area contributed by atoms with E-state index in [0.29, 0.717) is 0 Å². The molecule has 0 saturated heterocycles. The zero-order valence-corrected chi connectivity index (χ0v) is 13.2. The first-order valence-corrected chi connectivity index (χ1v) is 7.63. The van der Waals surface area contributed by atoms with Gasteiger partial charge in [0.15, 0.2) is 0 Å². The zero-order chi connectivity index (χ0) is 15.5. The fourth-order valence-corrected chi connectivity index (χ4v) is 2.95. The second-order valence-corrected chi connectivity index (χ2v) is 6.78. The van der Waals surface area contributed by atoms with Gasteiger partial charge in [-0.3, -0.25) is 4.79 Å². The predicted octanol–water partition coefficient (Wildman–Crippen LogP) is 0.514. The average Bonchev–Trinajstić information content (AvgIpc) is 2.38. The number of sulfonamides is 1. The van der Waals surface area contributed by atoms with Gasteiger partial charge in [0.25, 0.3) is 0 Å². The van der Waals surface area contributed by atoms with Crippen molar-refractivity contribution in [1.29, 1.82) is 0 Å². The maximum atomic E-state index is 12.2. The first-order chi connectivity index (χ1) is 9.20. The van der Waals surface area contributed by atoms with Crippen molar-refractivity contribution < 1.29 is 23.1 Å². The molecule has 0 aliphatic heterocycles. The normalized spacial score (nSPS) is 11.4. The van der Waals surface area contributed by atoms with Gasteiger partial charge in [-0.15, -0.1) is 0 Å². The molecule has 0 bridgehead atoms. The molecule has 110 valence electrons. The van der Waals surface area contributed by atoms with Crippen molar-refractivity contribution in [1.82, 2.24) is 9.62 Å². The first kappa shape index (κ1) is 16.6. The van der Waals surface area contributed by atoms with E-state index in [0.717, 1.165) is 10.4 Å². The van der Waals surface area contributed by atoms with Crippen LogP contribution in [0.2, 0.25) is 0 Å². The molecule has 1 rings (SSSR count). The van der Waals surface area contributed by atoms with Gasteiger partial charge in [0, 0.05) is 18.6 Å². The van der Waals surface area contributed by atoms with Crippen LogP contribution in [0.1, 0.15) is 10.4 Å². The second kappa shape index (κ2) is 6.33. The Labute approximate surface area is 124 Å². The van der Waals surface area contributed by atoms with E-state index >= 15 is 0 Å². The topological polar surface area (TPSA) is 104 Å². The molecule has 1 aromatic rings. The van der Waals surface area contributed by atoms with Gasteiger partial charge in [-0.2, -0.15) is 4.31 Å². The number of rotatable bonds is 5. The highest BCUT2D eigenvalue weighted by Gasteiger charge is 2.24. The molecule has 0 heterocycles. The standard InChI is InChI=1S/C11H13BrN2O5S/c1-13-10(15)6-14(2)20(18,19)7-3-4-9(12)8(5-7)11(16)17/h3-5H,6H2,1-2H3,(H,13,15)(H,16,17). The minimum Gasteiger partial charge on any atom is -0.478 e. The van der Waals surface area contributed by atoms with Crippen LogP contribution in [0, 0.1) is 0 Å². The van der Waals surface area contributed by atoms with E-state index in [4.69, 9.17) is 5.11 Å². The Morgan fingerprint density at radius 2 is 2.00 bits per heavy atom. The van der Waals surface area contributed by atoms with Crippen molar-refractivity contribution in [3.8, 4) is 0 Å². The summed E-state index contributed by atoms with van der Waals surface area (Å²) in [6, 6.07) is 3.65. The first-order valence-electron chi connectivity index (χ1n) is 5.40.